The minimum atomic E-state index is -0.105. The number of hydrogen-bond donors (Lipinski definition) is 2. The van der Waals surface area contributed by atoms with Crippen LogP contribution in [0.2, 0.25) is 0 Å². The number of nitrogens with zero attached hydrogens (tertiary/aromatic N) is 2. The van der Waals surface area contributed by atoms with E-state index in [4.69, 9.17) is 5.73 Å². The Kier molecular flexibility index (Phi) is 3.59. The van der Waals surface area contributed by atoms with Crippen LogP contribution in [0.3, 0.4) is 0 Å². The maximum Gasteiger partial charge on any atom is 0.256 e. The average Bonchev–Trinajstić information content (AvgIpc) is 2.58. The van der Waals surface area contributed by atoms with Gasteiger partial charge < -0.3 is 11.1 Å². The van der Waals surface area contributed by atoms with Crippen LogP contribution in [0.15, 0.2) is 6.20 Å². The minimum Gasteiger partial charge on any atom is -0.383 e. The molecule has 1 saturated carbocycles. The summed E-state index contributed by atoms with van der Waals surface area (Å²) in [5.41, 5.74) is 6.28. The van der Waals surface area contributed by atoms with Crippen molar-refractivity contribution in [3.05, 3.63) is 11.8 Å². The lowest BCUT2D eigenvalue weighted by Crippen LogP contribution is -2.40. The van der Waals surface area contributed by atoms with E-state index in [2.05, 4.69) is 24.3 Å². The van der Waals surface area contributed by atoms with Crippen LogP contribution in [0.1, 0.15) is 43.5 Å². The Labute approximate surface area is 108 Å². The summed E-state index contributed by atoms with van der Waals surface area (Å²) in [6.45, 7) is 4.49. The van der Waals surface area contributed by atoms with Crippen molar-refractivity contribution in [1.82, 2.24) is 15.1 Å². The average molecular weight is 250 g/mol. The molecule has 1 aliphatic carbocycles. The summed E-state index contributed by atoms with van der Waals surface area (Å²) >= 11 is 0. The summed E-state index contributed by atoms with van der Waals surface area (Å²) in [6, 6.07) is 0.260. The van der Waals surface area contributed by atoms with E-state index < -0.39 is 0 Å². The van der Waals surface area contributed by atoms with Gasteiger partial charge in [0.05, 0.1) is 6.20 Å². The van der Waals surface area contributed by atoms with Gasteiger partial charge in [0.15, 0.2) is 0 Å². The highest BCUT2D eigenvalue weighted by Crippen LogP contribution is 2.28. The third-order valence-electron chi connectivity index (χ3n) is 3.74. The SMILES string of the molecule is CC1CC(C)CC(NC(=O)c2cnn(C)c2N)C1. The molecule has 0 aromatic carbocycles. The number of nitrogens with two attached hydrogens (primary N) is 1. The number of aromatic nitrogens is 2. The first-order chi connectivity index (χ1) is 8.47. The number of rotatable bonds is 2. The molecule has 2 atom stereocenters. The van der Waals surface area contributed by atoms with E-state index in [1.807, 2.05) is 0 Å². The predicted octanol–water partition coefficient (Wildman–Crippen LogP) is 1.56. The van der Waals surface area contributed by atoms with Crippen LogP contribution < -0.4 is 11.1 Å². The summed E-state index contributed by atoms with van der Waals surface area (Å²) in [5.74, 6) is 1.66. The van der Waals surface area contributed by atoms with Crippen molar-refractivity contribution in [2.45, 2.75) is 39.2 Å². The number of hydrogen-bond acceptors (Lipinski definition) is 3. The molecule has 1 aromatic heterocycles. The number of anilines is 1. The number of nitrogens with one attached hydrogen (secondary N) is 1. The van der Waals surface area contributed by atoms with Crippen LogP contribution in [-0.4, -0.2) is 21.7 Å². The Balaban J connectivity index is 2.01. The lowest BCUT2D eigenvalue weighted by Gasteiger charge is -2.31. The molecule has 2 unspecified atom stereocenters. The van der Waals surface area contributed by atoms with Crippen molar-refractivity contribution in [1.29, 1.82) is 0 Å². The van der Waals surface area contributed by atoms with Gasteiger partial charge in [0.1, 0.15) is 11.4 Å². The molecule has 18 heavy (non-hydrogen) atoms. The van der Waals surface area contributed by atoms with Crippen molar-refractivity contribution in [2.24, 2.45) is 18.9 Å². The molecule has 0 saturated heterocycles. The Bertz CT molecular complexity index is 430. The number of nitrogen functional groups attached to an aromatic ring is 1. The minimum absolute atomic E-state index is 0.105. The second kappa shape index (κ2) is 5.00. The molecule has 0 bridgehead atoms. The molecule has 0 aliphatic heterocycles. The Hall–Kier alpha value is -1.52. The molecule has 1 heterocycles. The zero-order chi connectivity index (χ0) is 13.3. The van der Waals surface area contributed by atoms with Gasteiger partial charge in [-0.15, -0.1) is 0 Å². The van der Waals surface area contributed by atoms with Crippen LogP contribution in [0.5, 0.6) is 0 Å². The summed E-state index contributed by atoms with van der Waals surface area (Å²) < 4.78 is 1.51. The highest BCUT2D eigenvalue weighted by atomic mass is 16.1. The third kappa shape index (κ3) is 2.66. The number of carbonyl (C=O) groups excluding carboxylic acids is 1. The fraction of sp³-hybridized carbons (Fsp3) is 0.692. The highest BCUT2D eigenvalue weighted by molar-refractivity contribution is 5.98. The molecule has 100 valence electrons. The summed E-state index contributed by atoms with van der Waals surface area (Å²) in [5, 5.41) is 7.07. The first-order valence-corrected chi connectivity index (χ1v) is 6.55. The van der Waals surface area contributed by atoms with E-state index in [-0.39, 0.29) is 11.9 Å². The molecular formula is C13H22N4O. The molecule has 1 aromatic rings. The quantitative estimate of drug-likeness (QED) is 0.836. The van der Waals surface area contributed by atoms with Crippen molar-refractivity contribution < 1.29 is 4.79 Å². The maximum absolute atomic E-state index is 12.1. The van der Waals surface area contributed by atoms with Gasteiger partial charge in [0, 0.05) is 13.1 Å². The van der Waals surface area contributed by atoms with Crippen LogP contribution >= 0.6 is 0 Å². The smallest absolute Gasteiger partial charge is 0.256 e. The van der Waals surface area contributed by atoms with E-state index in [0.29, 0.717) is 23.2 Å². The van der Waals surface area contributed by atoms with Gasteiger partial charge >= 0.3 is 0 Å². The Morgan fingerprint density at radius 1 is 1.39 bits per heavy atom. The predicted molar refractivity (Wildman–Crippen MR) is 71.1 cm³/mol. The Morgan fingerprint density at radius 3 is 2.50 bits per heavy atom. The molecule has 0 radical (unpaired) electrons. The lowest BCUT2D eigenvalue weighted by atomic mass is 9.80. The Morgan fingerprint density at radius 2 is 2.00 bits per heavy atom. The molecule has 1 aliphatic rings. The second-order valence-electron chi connectivity index (χ2n) is 5.65. The van der Waals surface area contributed by atoms with E-state index in [1.165, 1.54) is 17.3 Å². The monoisotopic (exact) mass is 250 g/mol. The molecule has 5 heteroatoms. The van der Waals surface area contributed by atoms with E-state index >= 15 is 0 Å². The zero-order valence-electron chi connectivity index (χ0n) is 11.3. The molecule has 1 fully saturated rings. The van der Waals surface area contributed by atoms with Gasteiger partial charge in [-0.3, -0.25) is 9.48 Å². The topological polar surface area (TPSA) is 72.9 Å². The van der Waals surface area contributed by atoms with Crippen LogP contribution in [0.4, 0.5) is 5.82 Å². The fourth-order valence-electron chi connectivity index (χ4n) is 2.95. The van der Waals surface area contributed by atoms with Gasteiger partial charge in [-0.2, -0.15) is 5.10 Å². The maximum atomic E-state index is 12.1. The number of carbonyl (C=O) groups is 1. The third-order valence-corrected chi connectivity index (χ3v) is 3.74. The second-order valence-corrected chi connectivity index (χ2v) is 5.65. The molecule has 1 amide bonds. The van der Waals surface area contributed by atoms with Crippen LogP contribution in [0, 0.1) is 11.8 Å². The molecule has 2 rings (SSSR count). The van der Waals surface area contributed by atoms with Gasteiger partial charge in [0.25, 0.3) is 5.91 Å². The van der Waals surface area contributed by atoms with Crippen molar-refractivity contribution >= 4 is 11.7 Å². The molecule has 0 spiro atoms. The first-order valence-electron chi connectivity index (χ1n) is 6.55. The first kappa shape index (κ1) is 12.9. The van der Waals surface area contributed by atoms with Gasteiger partial charge in [-0.1, -0.05) is 13.8 Å². The molecular weight excluding hydrogens is 228 g/mol. The zero-order valence-corrected chi connectivity index (χ0v) is 11.3. The lowest BCUT2D eigenvalue weighted by molar-refractivity contribution is 0.0912. The molecule has 3 N–H and O–H groups in total. The van der Waals surface area contributed by atoms with Gasteiger partial charge in [-0.05, 0) is 31.1 Å². The molecule has 5 nitrogen and oxygen atoms in total. The fourth-order valence-corrected chi connectivity index (χ4v) is 2.95. The highest BCUT2D eigenvalue weighted by Gasteiger charge is 2.26. The van der Waals surface area contributed by atoms with Crippen molar-refractivity contribution in [2.75, 3.05) is 5.73 Å². The van der Waals surface area contributed by atoms with Crippen molar-refractivity contribution in [3.8, 4) is 0 Å². The summed E-state index contributed by atoms with van der Waals surface area (Å²) in [4.78, 5) is 12.1. The standard InChI is InChI=1S/C13H22N4O/c1-8-4-9(2)6-10(5-8)16-13(18)11-7-15-17(3)12(11)14/h7-10H,4-6,14H2,1-3H3,(H,16,18). The number of amides is 1. The van der Waals surface area contributed by atoms with Gasteiger partial charge in [0.2, 0.25) is 0 Å². The number of aryl methyl sites for hydroxylation is 1. The largest absolute Gasteiger partial charge is 0.383 e. The van der Waals surface area contributed by atoms with Crippen LogP contribution in [0.25, 0.3) is 0 Å². The normalized spacial score (nSPS) is 28.1. The van der Waals surface area contributed by atoms with E-state index in [9.17, 15) is 4.79 Å². The van der Waals surface area contributed by atoms with Crippen LogP contribution in [-0.2, 0) is 7.05 Å². The van der Waals surface area contributed by atoms with E-state index in [0.717, 1.165) is 12.8 Å². The van der Waals surface area contributed by atoms with E-state index in [1.54, 1.807) is 7.05 Å². The summed E-state index contributed by atoms with van der Waals surface area (Å²) in [7, 11) is 1.73. The van der Waals surface area contributed by atoms with Crippen molar-refractivity contribution in [3.63, 3.8) is 0 Å². The summed E-state index contributed by atoms with van der Waals surface area (Å²) in [6.07, 6.45) is 4.88. The van der Waals surface area contributed by atoms with Gasteiger partial charge in [-0.25, -0.2) is 0 Å².